The van der Waals surface area contributed by atoms with E-state index in [0.717, 1.165) is 27.0 Å². The number of amides is 4. The van der Waals surface area contributed by atoms with Crippen LogP contribution in [0.2, 0.25) is 0 Å². The minimum atomic E-state index is -1.42. The molecule has 7 nitrogen and oxygen atoms in total. The van der Waals surface area contributed by atoms with Gasteiger partial charge >= 0.3 is 6.03 Å². The van der Waals surface area contributed by atoms with Crippen LogP contribution >= 0.6 is 0 Å². The molecule has 3 aromatic carbocycles. The molecule has 0 spiro atoms. The third-order valence-electron chi connectivity index (χ3n) is 6.80. The summed E-state index contributed by atoms with van der Waals surface area (Å²) in [7, 11) is 0. The van der Waals surface area contributed by atoms with Gasteiger partial charge in [-0.3, -0.25) is 14.5 Å². The molecular weight excluding hydrogens is 454 g/mol. The molecule has 4 amide bonds. The summed E-state index contributed by atoms with van der Waals surface area (Å²) in [6.45, 7) is 5.34. The average Bonchev–Trinajstić information content (AvgIpc) is 3.42. The van der Waals surface area contributed by atoms with E-state index < -0.39 is 36.0 Å². The third kappa shape index (κ3) is 3.92. The minimum absolute atomic E-state index is 0.408. The maximum Gasteiger partial charge on any atom is 0.326 e. The first-order valence-electron chi connectivity index (χ1n) is 11.8. The lowest BCUT2D eigenvalue weighted by atomic mass is 9.81. The van der Waals surface area contributed by atoms with E-state index in [-0.39, 0.29) is 0 Å². The molecule has 1 saturated heterocycles. The molecule has 0 radical (unpaired) electrons. The monoisotopic (exact) mass is 481 g/mol. The third-order valence-corrected chi connectivity index (χ3v) is 6.80. The van der Waals surface area contributed by atoms with Gasteiger partial charge in [-0.25, -0.2) is 4.79 Å². The number of aryl methyl sites for hydroxylation is 2. The van der Waals surface area contributed by atoms with Crippen molar-refractivity contribution in [3.8, 4) is 0 Å². The Kier molecular flexibility index (Phi) is 5.84. The van der Waals surface area contributed by atoms with E-state index >= 15 is 0 Å². The van der Waals surface area contributed by atoms with Crippen molar-refractivity contribution in [2.75, 3.05) is 6.54 Å². The molecule has 0 bridgehead atoms. The van der Waals surface area contributed by atoms with Crippen LogP contribution in [0.5, 0.6) is 0 Å². The number of rotatable bonds is 6. The SMILES string of the molecule is Cc1ccc([C@]2(c3ccccc3)NC(=O)N(CC(=O)N[C@H](C)c3cc4ccccc4o3)C2=O)cc1C. The van der Waals surface area contributed by atoms with Crippen molar-refractivity contribution in [1.82, 2.24) is 15.5 Å². The highest BCUT2D eigenvalue weighted by atomic mass is 16.3. The van der Waals surface area contributed by atoms with Crippen LogP contribution in [0.3, 0.4) is 0 Å². The highest BCUT2D eigenvalue weighted by Gasteiger charge is 2.54. The van der Waals surface area contributed by atoms with Crippen LogP contribution in [0.4, 0.5) is 4.79 Å². The quantitative estimate of drug-likeness (QED) is 0.390. The molecule has 1 fully saturated rings. The summed E-state index contributed by atoms with van der Waals surface area (Å²) in [6, 6.07) is 23.2. The number of fused-ring (bicyclic) bond motifs is 1. The van der Waals surface area contributed by atoms with Crippen molar-refractivity contribution >= 4 is 28.8 Å². The van der Waals surface area contributed by atoms with Crippen LogP contribution in [0.1, 0.15) is 41.0 Å². The van der Waals surface area contributed by atoms with Gasteiger partial charge in [0, 0.05) is 5.39 Å². The Morgan fingerprint density at radius 2 is 1.67 bits per heavy atom. The molecule has 0 saturated carbocycles. The number of furan rings is 1. The molecule has 1 aliphatic heterocycles. The summed E-state index contributed by atoms with van der Waals surface area (Å²) in [5.41, 5.74) is 2.67. The lowest BCUT2D eigenvalue weighted by Gasteiger charge is -2.28. The standard InChI is InChI=1S/C29H27N3O4/c1-18-13-14-23(15-19(18)2)29(22-10-5-4-6-11-22)27(34)32(28(35)31-29)17-26(33)30-20(3)25-16-21-9-7-8-12-24(21)36-25/h4-16,20H,17H2,1-3H3,(H,30,33)(H,31,35)/t20-,29+/m1/s1. The highest BCUT2D eigenvalue weighted by Crippen LogP contribution is 2.37. The van der Waals surface area contributed by atoms with Crippen molar-refractivity contribution < 1.29 is 18.8 Å². The first kappa shape index (κ1) is 23.4. The zero-order valence-electron chi connectivity index (χ0n) is 20.4. The van der Waals surface area contributed by atoms with E-state index in [1.807, 2.05) is 80.6 Å². The summed E-state index contributed by atoms with van der Waals surface area (Å²) in [4.78, 5) is 40.9. The molecule has 36 heavy (non-hydrogen) atoms. The van der Waals surface area contributed by atoms with Gasteiger partial charge < -0.3 is 15.1 Å². The second-order valence-corrected chi connectivity index (χ2v) is 9.21. The number of nitrogens with one attached hydrogen (secondary N) is 2. The zero-order valence-corrected chi connectivity index (χ0v) is 20.4. The van der Waals surface area contributed by atoms with Crippen molar-refractivity contribution in [3.63, 3.8) is 0 Å². The first-order valence-corrected chi connectivity index (χ1v) is 11.8. The molecule has 182 valence electrons. The Balaban J connectivity index is 1.41. The topological polar surface area (TPSA) is 91.7 Å². The number of nitrogens with zero attached hydrogens (tertiary/aromatic N) is 1. The van der Waals surface area contributed by atoms with E-state index in [1.54, 1.807) is 19.1 Å². The summed E-state index contributed by atoms with van der Waals surface area (Å²) in [5.74, 6) is -0.362. The van der Waals surface area contributed by atoms with Crippen molar-refractivity contribution in [2.45, 2.75) is 32.4 Å². The van der Waals surface area contributed by atoms with E-state index in [2.05, 4.69) is 10.6 Å². The van der Waals surface area contributed by atoms with Crippen molar-refractivity contribution in [2.24, 2.45) is 0 Å². The fourth-order valence-corrected chi connectivity index (χ4v) is 4.66. The van der Waals surface area contributed by atoms with Gasteiger partial charge in [-0.1, -0.05) is 66.7 Å². The molecule has 0 aliphatic carbocycles. The van der Waals surface area contributed by atoms with Gasteiger partial charge in [-0.05, 0) is 55.2 Å². The number of hydrogen-bond acceptors (Lipinski definition) is 4. The van der Waals surface area contributed by atoms with Crippen LogP contribution in [0.25, 0.3) is 11.0 Å². The van der Waals surface area contributed by atoms with E-state index in [1.165, 1.54) is 0 Å². The first-order chi connectivity index (χ1) is 17.3. The molecule has 1 aromatic heterocycles. The van der Waals surface area contributed by atoms with Gasteiger partial charge in [0.15, 0.2) is 5.54 Å². The largest absolute Gasteiger partial charge is 0.459 e. The summed E-state index contributed by atoms with van der Waals surface area (Å²) in [5, 5.41) is 6.67. The normalized spacial score (nSPS) is 18.4. The summed E-state index contributed by atoms with van der Waals surface area (Å²) < 4.78 is 5.84. The van der Waals surface area contributed by atoms with Crippen LogP contribution in [-0.4, -0.2) is 29.3 Å². The number of para-hydroxylation sites is 1. The molecule has 1 aliphatic rings. The van der Waals surface area contributed by atoms with Crippen LogP contribution in [0.15, 0.2) is 83.3 Å². The van der Waals surface area contributed by atoms with E-state index in [0.29, 0.717) is 16.9 Å². The number of carbonyl (C=O) groups is 3. The Bertz CT molecular complexity index is 1440. The van der Waals surface area contributed by atoms with E-state index in [9.17, 15) is 14.4 Å². The molecule has 0 unspecified atom stereocenters. The predicted octanol–water partition coefficient (Wildman–Crippen LogP) is 4.72. The molecule has 2 heterocycles. The molecule has 2 N–H and O–H groups in total. The minimum Gasteiger partial charge on any atom is -0.459 e. The van der Waals surface area contributed by atoms with Gasteiger partial charge in [-0.2, -0.15) is 0 Å². The lowest BCUT2D eigenvalue weighted by molar-refractivity contribution is -0.134. The molecule has 4 aromatic rings. The van der Waals surface area contributed by atoms with Crippen molar-refractivity contribution in [1.29, 1.82) is 0 Å². The molecular formula is C29H27N3O4. The number of imide groups is 1. The number of benzene rings is 3. The van der Waals surface area contributed by atoms with Gasteiger partial charge in [0.25, 0.3) is 5.91 Å². The molecule has 7 heteroatoms. The van der Waals surface area contributed by atoms with Crippen molar-refractivity contribution in [3.05, 3.63) is 107 Å². The van der Waals surface area contributed by atoms with Crippen LogP contribution in [-0.2, 0) is 15.1 Å². The Morgan fingerprint density at radius 1 is 0.944 bits per heavy atom. The Labute approximate surface area is 209 Å². The molecule has 5 rings (SSSR count). The predicted molar refractivity (Wildman–Crippen MR) is 136 cm³/mol. The van der Waals surface area contributed by atoms with E-state index in [4.69, 9.17) is 4.42 Å². The fourth-order valence-electron chi connectivity index (χ4n) is 4.66. The van der Waals surface area contributed by atoms with Gasteiger partial charge in [-0.15, -0.1) is 0 Å². The second-order valence-electron chi connectivity index (χ2n) is 9.21. The van der Waals surface area contributed by atoms with Crippen LogP contribution < -0.4 is 10.6 Å². The summed E-state index contributed by atoms with van der Waals surface area (Å²) in [6.07, 6.45) is 0. The Morgan fingerprint density at radius 3 is 2.39 bits per heavy atom. The number of urea groups is 1. The maximum absolute atomic E-state index is 13.9. The highest BCUT2D eigenvalue weighted by molar-refractivity contribution is 6.11. The maximum atomic E-state index is 13.9. The molecule has 2 atom stereocenters. The van der Waals surface area contributed by atoms with Gasteiger partial charge in [0.05, 0.1) is 6.04 Å². The van der Waals surface area contributed by atoms with Gasteiger partial charge in [0.1, 0.15) is 17.9 Å². The number of hydrogen-bond donors (Lipinski definition) is 2. The lowest BCUT2D eigenvalue weighted by Crippen LogP contribution is -2.46. The smallest absolute Gasteiger partial charge is 0.326 e. The summed E-state index contributed by atoms with van der Waals surface area (Å²) >= 11 is 0. The Hall–Kier alpha value is -4.39. The number of carbonyl (C=O) groups excluding carboxylic acids is 3. The zero-order chi connectivity index (χ0) is 25.4. The average molecular weight is 482 g/mol. The fraction of sp³-hybridized carbons (Fsp3) is 0.207. The second kappa shape index (κ2) is 9.00. The van der Waals surface area contributed by atoms with Gasteiger partial charge in [0.2, 0.25) is 5.91 Å². The van der Waals surface area contributed by atoms with Crippen LogP contribution in [0, 0.1) is 13.8 Å².